The molecule has 10 heteroatoms. The van der Waals surface area contributed by atoms with Crippen molar-refractivity contribution in [3.8, 4) is 17.6 Å². The fourth-order valence-electron chi connectivity index (χ4n) is 4.62. The van der Waals surface area contributed by atoms with Gasteiger partial charge in [0.15, 0.2) is 0 Å². The summed E-state index contributed by atoms with van der Waals surface area (Å²) >= 11 is 0. The molecule has 2 aromatic carbocycles. The van der Waals surface area contributed by atoms with Crippen molar-refractivity contribution in [2.75, 3.05) is 19.7 Å². The lowest BCUT2D eigenvalue weighted by atomic mass is 9.94. The lowest BCUT2D eigenvalue weighted by Crippen LogP contribution is -2.34. The van der Waals surface area contributed by atoms with E-state index in [9.17, 15) is 28.6 Å². The molecule has 0 saturated carbocycles. The van der Waals surface area contributed by atoms with Crippen LogP contribution in [0.25, 0.3) is 0 Å². The third-order valence-electron chi connectivity index (χ3n) is 6.73. The molecule has 2 heterocycles. The topological polar surface area (TPSA) is 119 Å². The van der Waals surface area contributed by atoms with Crippen molar-refractivity contribution in [3.63, 3.8) is 0 Å². The standard InChI is InChI=1S/C29H30F2N4O4/c30-25(31)15-32-28(38)24(26-27(37)29(39)34-18-33-26)14-21-9-5-19(6-10-21)3-4-20-7-11-22(12-8-20)16-35-13-1-2-23(35)17-36/h5-12,18,23-25,36-37H,1-2,13-17H2,(H,32,38)(H,33,34,39)/t23-,24?/m1/s1. The Labute approximate surface area is 224 Å². The number of aromatic amines is 1. The molecule has 0 radical (unpaired) electrons. The molecule has 4 N–H and O–H groups in total. The van der Waals surface area contributed by atoms with Crippen molar-refractivity contribution in [2.45, 2.75) is 44.2 Å². The average Bonchev–Trinajstić information content (AvgIpc) is 3.39. The number of aromatic nitrogens is 2. The number of rotatable bonds is 9. The Morgan fingerprint density at radius 1 is 1.10 bits per heavy atom. The maximum absolute atomic E-state index is 12.7. The molecule has 1 aromatic heterocycles. The number of aromatic hydroxyl groups is 1. The Balaban J connectivity index is 1.43. The van der Waals surface area contributed by atoms with Crippen LogP contribution in [-0.4, -0.2) is 63.2 Å². The minimum Gasteiger partial charge on any atom is -0.502 e. The highest BCUT2D eigenvalue weighted by Crippen LogP contribution is 2.25. The first-order valence-electron chi connectivity index (χ1n) is 12.7. The summed E-state index contributed by atoms with van der Waals surface area (Å²) < 4.78 is 25.3. The van der Waals surface area contributed by atoms with E-state index in [-0.39, 0.29) is 24.8 Å². The number of halogens is 2. The van der Waals surface area contributed by atoms with Gasteiger partial charge >= 0.3 is 0 Å². The van der Waals surface area contributed by atoms with Gasteiger partial charge in [-0.15, -0.1) is 0 Å². The average molecular weight is 537 g/mol. The van der Waals surface area contributed by atoms with Gasteiger partial charge in [-0.05, 0) is 61.2 Å². The minimum absolute atomic E-state index is 0.0302. The van der Waals surface area contributed by atoms with E-state index in [2.05, 4.69) is 32.0 Å². The van der Waals surface area contributed by atoms with Crippen molar-refractivity contribution >= 4 is 5.91 Å². The van der Waals surface area contributed by atoms with Crippen molar-refractivity contribution in [2.24, 2.45) is 0 Å². The van der Waals surface area contributed by atoms with E-state index in [0.29, 0.717) is 5.56 Å². The Morgan fingerprint density at radius 3 is 2.36 bits per heavy atom. The van der Waals surface area contributed by atoms with Crippen LogP contribution in [0.3, 0.4) is 0 Å². The Hall–Kier alpha value is -4.07. The largest absolute Gasteiger partial charge is 0.502 e. The number of carbonyl (C=O) groups is 1. The van der Waals surface area contributed by atoms with E-state index in [1.807, 2.05) is 24.3 Å². The highest BCUT2D eigenvalue weighted by Gasteiger charge is 2.27. The van der Waals surface area contributed by atoms with E-state index in [0.717, 1.165) is 43.4 Å². The van der Waals surface area contributed by atoms with Crippen molar-refractivity contribution in [1.29, 1.82) is 0 Å². The van der Waals surface area contributed by atoms with Gasteiger partial charge in [0, 0.05) is 23.7 Å². The third kappa shape index (κ3) is 7.50. The molecule has 0 spiro atoms. The number of H-pyrrole nitrogens is 1. The van der Waals surface area contributed by atoms with Gasteiger partial charge < -0.3 is 20.5 Å². The van der Waals surface area contributed by atoms with E-state index >= 15 is 0 Å². The molecule has 4 rings (SSSR count). The van der Waals surface area contributed by atoms with Crippen LogP contribution in [0.4, 0.5) is 8.78 Å². The number of nitrogens with zero attached hydrogens (tertiary/aromatic N) is 2. The fourth-order valence-corrected chi connectivity index (χ4v) is 4.62. The summed E-state index contributed by atoms with van der Waals surface area (Å²) in [5.41, 5.74) is 2.42. The lowest BCUT2D eigenvalue weighted by molar-refractivity contribution is -0.123. The van der Waals surface area contributed by atoms with Crippen LogP contribution in [-0.2, 0) is 17.8 Å². The molecule has 1 aliphatic rings. The molecule has 1 unspecified atom stereocenters. The second-order valence-electron chi connectivity index (χ2n) is 9.45. The van der Waals surface area contributed by atoms with E-state index in [1.54, 1.807) is 24.3 Å². The molecule has 3 aromatic rings. The number of nitrogens with one attached hydrogen (secondary N) is 2. The Kier molecular flexibility index (Phi) is 9.41. The summed E-state index contributed by atoms with van der Waals surface area (Å²) in [6.07, 6.45) is 0.465. The van der Waals surface area contributed by atoms with Crippen LogP contribution in [0.1, 0.15) is 46.7 Å². The smallest absolute Gasteiger partial charge is 0.293 e. The number of likely N-dealkylation sites (tertiary alicyclic amines) is 1. The number of amides is 1. The predicted molar refractivity (Wildman–Crippen MR) is 141 cm³/mol. The molecule has 8 nitrogen and oxygen atoms in total. The van der Waals surface area contributed by atoms with Gasteiger partial charge in [0.25, 0.3) is 12.0 Å². The molecule has 1 amide bonds. The van der Waals surface area contributed by atoms with Crippen molar-refractivity contribution in [3.05, 3.63) is 93.2 Å². The second kappa shape index (κ2) is 13.1. The molecular formula is C29H30F2N4O4. The number of hydrogen-bond acceptors (Lipinski definition) is 6. The first kappa shape index (κ1) is 28.0. The number of carbonyl (C=O) groups excluding carboxylic acids is 1. The van der Waals surface area contributed by atoms with E-state index in [1.165, 1.54) is 5.56 Å². The molecule has 1 saturated heterocycles. The molecule has 204 valence electrons. The summed E-state index contributed by atoms with van der Waals surface area (Å²) in [6, 6.07) is 15.3. The maximum atomic E-state index is 12.7. The highest BCUT2D eigenvalue weighted by molar-refractivity contribution is 5.84. The third-order valence-corrected chi connectivity index (χ3v) is 6.73. The number of aliphatic hydroxyl groups excluding tert-OH is 1. The SMILES string of the molecule is O=C(NCC(F)F)C(Cc1ccc(C#Cc2ccc(CN3CCC[C@@H]3CO)cc2)cc1)c1nc[nH]c(=O)c1O. The quantitative estimate of drug-likeness (QED) is 0.312. The summed E-state index contributed by atoms with van der Waals surface area (Å²) in [6.45, 7) is 1.12. The number of aliphatic hydroxyl groups is 1. The normalized spacial score (nSPS) is 16.1. The minimum atomic E-state index is -2.74. The van der Waals surface area contributed by atoms with Crippen LogP contribution >= 0.6 is 0 Å². The highest BCUT2D eigenvalue weighted by atomic mass is 19.3. The zero-order chi connectivity index (χ0) is 27.8. The van der Waals surface area contributed by atoms with E-state index < -0.39 is 36.1 Å². The summed E-state index contributed by atoms with van der Waals surface area (Å²) in [5, 5.41) is 21.8. The van der Waals surface area contributed by atoms with Gasteiger partial charge in [-0.1, -0.05) is 36.1 Å². The van der Waals surface area contributed by atoms with Gasteiger partial charge in [-0.25, -0.2) is 13.8 Å². The number of hydrogen-bond donors (Lipinski definition) is 4. The van der Waals surface area contributed by atoms with Gasteiger partial charge in [0.1, 0.15) is 5.69 Å². The monoisotopic (exact) mass is 536 g/mol. The van der Waals surface area contributed by atoms with Crippen LogP contribution < -0.4 is 10.9 Å². The second-order valence-corrected chi connectivity index (χ2v) is 9.45. The van der Waals surface area contributed by atoms with Crippen molar-refractivity contribution < 1.29 is 23.8 Å². The summed E-state index contributed by atoms with van der Waals surface area (Å²) in [5.74, 6) is 3.59. The van der Waals surface area contributed by atoms with Gasteiger partial charge in [-0.3, -0.25) is 14.5 Å². The maximum Gasteiger partial charge on any atom is 0.293 e. The van der Waals surface area contributed by atoms with Crippen LogP contribution in [0.2, 0.25) is 0 Å². The molecular weight excluding hydrogens is 506 g/mol. The molecule has 1 aliphatic heterocycles. The first-order chi connectivity index (χ1) is 18.8. The van der Waals surface area contributed by atoms with Crippen LogP contribution in [0.15, 0.2) is 59.7 Å². The lowest BCUT2D eigenvalue weighted by Gasteiger charge is -2.22. The van der Waals surface area contributed by atoms with Gasteiger partial charge in [-0.2, -0.15) is 0 Å². The van der Waals surface area contributed by atoms with Crippen LogP contribution in [0.5, 0.6) is 5.75 Å². The molecule has 2 atom stereocenters. The Morgan fingerprint density at radius 2 is 1.74 bits per heavy atom. The van der Waals surface area contributed by atoms with Crippen molar-refractivity contribution in [1.82, 2.24) is 20.2 Å². The van der Waals surface area contributed by atoms with E-state index in [4.69, 9.17) is 0 Å². The van der Waals surface area contributed by atoms with Gasteiger partial charge in [0.2, 0.25) is 11.7 Å². The van der Waals surface area contributed by atoms with Gasteiger partial charge in [0.05, 0.1) is 25.4 Å². The predicted octanol–water partition coefficient (Wildman–Crippen LogP) is 2.54. The summed E-state index contributed by atoms with van der Waals surface area (Å²) in [7, 11) is 0. The van der Waals surface area contributed by atoms with Crippen LogP contribution in [0, 0.1) is 11.8 Å². The molecule has 1 fully saturated rings. The molecule has 39 heavy (non-hydrogen) atoms. The molecule has 0 bridgehead atoms. The fraction of sp³-hybridized carbons (Fsp3) is 0.345. The molecule has 0 aliphatic carbocycles. The Bertz CT molecular complexity index is 1380. The zero-order valence-electron chi connectivity index (χ0n) is 21.2. The summed E-state index contributed by atoms with van der Waals surface area (Å²) in [4.78, 5) is 32.9. The number of alkyl halides is 2. The first-order valence-corrected chi connectivity index (χ1v) is 12.7. The zero-order valence-corrected chi connectivity index (χ0v) is 21.2. The number of benzene rings is 2.